The molecule has 0 heterocycles. The van der Waals surface area contributed by atoms with Gasteiger partial charge in [-0.3, -0.25) is 4.79 Å². The molecule has 2 nitrogen and oxygen atoms in total. The van der Waals surface area contributed by atoms with Gasteiger partial charge in [-0.25, -0.2) is 0 Å². The average molecular weight is 426 g/mol. The Balaban J connectivity index is 2.25. The summed E-state index contributed by atoms with van der Waals surface area (Å²) in [4.78, 5) is 12.1. The molecule has 0 aliphatic heterocycles. The first-order valence-electron chi connectivity index (χ1n) is 5.19. The van der Waals surface area contributed by atoms with E-state index in [1.54, 1.807) is 36.4 Å². The molecule has 19 heavy (non-hydrogen) atoms. The molecular weight excluding hydrogens is 419 g/mol. The molecule has 0 unspecified atom stereocenters. The molecule has 0 saturated carbocycles. The Hall–Kier alpha value is -0.490. The van der Waals surface area contributed by atoms with Gasteiger partial charge in [0.2, 0.25) is 0 Å². The van der Waals surface area contributed by atoms with Crippen LogP contribution in [-0.2, 0) is 0 Å². The predicted octanol–water partition coefficient (Wildman–Crippen LogP) is 5.50. The van der Waals surface area contributed by atoms with Crippen molar-refractivity contribution in [1.29, 1.82) is 0 Å². The second-order valence-corrected chi connectivity index (χ2v) is 6.12. The van der Waals surface area contributed by atoms with Crippen molar-refractivity contribution in [3.63, 3.8) is 0 Å². The number of anilines is 1. The lowest BCUT2D eigenvalue weighted by atomic mass is 10.2. The van der Waals surface area contributed by atoms with Crippen molar-refractivity contribution < 1.29 is 4.79 Å². The summed E-state index contributed by atoms with van der Waals surface area (Å²) in [6.45, 7) is 0. The smallest absolute Gasteiger partial charge is 0.256 e. The van der Waals surface area contributed by atoms with Gasteiger partial charge in [0.1, 0.15) is 0 Å². The minimum absolute atomic E-state index is 0.245. The quantitative estimate of drug-likeness (QED) is 0.631. The lowest BCUT2D eigenvalue weighted by molar-refractivity contribution is 0.102. The summed E-state index contributed by atoms with van der Waals surface area (Å²) in [5.74, 6) is -0.245. The topological polar surface area (TPSA) is 29.1 Å². The van der Waals surface area contributed by atoms with Crippen molar-refractivity contribution in [2.24, 2.45) is 0 Å². The van der Waals surface area contributed by atoms with E-state index < -0.39 is 0 Å². The molecule has 0 aromatic heterocycles. The summed E-state index contributed by atoms with van der Waals surface area (Å²) in [5, 5.41) is 4.09. The van der Waals surface area contributed by atoms with Crippen molar-refractivity contribution in [1.82, 2.24) is 0 Å². The average Bonchev–Trinajstić information content (AvgIpc) is 2.36. The fourth-order valence-electron chi connectivity index (χ4n) is 1.44. The number of nitrogens with one attached hydrogen (secondary N) is 1. The number of carbonyl (C=O) groups excluding carboxylic acids is 1. The van der Waals surface area contributed by atoms with E-state index >= 15 is 0 Å². The zero-order valence-corrected chi connectivity index (χ0v) is 13.8. The first-order valence-corrected chi connectivity index (χ1v) is 7.40. The maximum Gasteiger partial charge on any atom is 0.256 e. The first kappa shape index (κ1) is 14.9. The van der Waals surface area contributed by atoms with Crippen LogP contribution in [0.5, 0.6) is 0 Å². The van der Waals surface area contributed by atoms with Gasteiger partial charge in [0, 0.05) is 14.3 Å². The third-order valence-corrected chi connectivity index (χ3v) is 4.27. The number of amides is 1. The molecule has 0 fully saturated rings. The molecular formula is C13H7Cl3INO. The highest BCUT2D eigenvalue weighted by Gasteiger charge is 2.11. The molecule has 0 saturated heterocycles. The number of rotatable bonds is 2. The zero-order valence-electron chi connectivity index (χ0n) is 9.38. The Morgan fingerprint density at radius 1 is 1.00 bits per heavy atom. The van der Waals surface area contributed by atoms with Crippen LogP contribution in [0.15, 0.2) is 36.4 Å². The highest BCUT2D eigenvalue weighted by Crippen LogP contribution is 2.26. The van der Waals surface area contributed by atoms with Gasteiger partial charge in [-0.05, 0) is 59.0 Å². The maximum absolute atomic E-state index is 12.1. The number of halogens is 4. The Morgan fingerprint density at radius 3 is 2.42 bits per heavy atom. The molecule has 1 N–H and O–H groups in total. The molecule has 2 aromatic carbocycles. The summed E-state index contributed by atoms with van der Waals surface area (Å²) >= 11 is 19.7. The van der Waals surface area contributed by atoms with Crippen LogP contribution in [-0.4, -0.2) is 5.91 Å². The zero-order chi connectivity index (χ0) is 14.0. The van der Waals surface area contributed by atoms with Gasteiger partial charge in [-0.15, -0.1) is 0 Å². The van der Waals surface area contributed by atoms with E-state index in [4.69, 9.17) is 34.8 Å². The molecule has 0 radical (unpaired) electrons. The van der Waals surface area contributed by atoms with Crippen molar-refractivity contribution >= 4 is 69.0 Å². The standard InChI is InChI=1S/C13H7Cl3INO/c14-7-1-4-12(17)9(5-7)13(19)18-8-2-3-10(15)11(16)6-8/h1-6H,(H,18,19). The van der Waals surface area contributed by atoms with E-state index in [1.807, 2.05) is 0 Å². The largest absolute Gasteiger partial charge is 0.322 e. The van der Waals surface area contributed by atoms with E-state index in [2.05, 4.69) is 27.9 Å². The van der Waals surface area contributed by atoms with Crippen LogP contribution in [0, 0.1) is 3.57 Å². The van der Waals surface area contributed by atoms with Crippen LogP contribution in [0.2, 0.25) is 15.1 Å². The van der Waals surface area contributed by atoms with Crippen molar-refractivity contribution in [3.8, 4) is 0 Å². The van der Waals surface area contributed by atoms with Crippen LogP contribution < -0.4 is 5.32 Å². The molecule has 0 aliphatic carbocycles. The third kappa shape index (κ3) is 3.75. The lowest BCUT2D eigenvalue weighted by Gasteiger charge is -2.08. The van der Waals surface area contributed by atoms with Crippen LogP contribution in [0.3, 0.4) is 0 Å². The second-order valence-electron chi connectivity index (χ2n) is 3.71. The minimum Gasteiger partial charge on any atom is -0.322 e. The molecule has 0 atom stereocenters. The maximum atomic E-state index is 12.1. The summed E-state index contributed by atoms with van der Waals surface area (Å²) in [6.07, 6.45) is 0. The fraction of sp³-hybridized carbons (Fsp3) is 0. The van der Waals surface area contributed by atoms with Crippen molar-refractivity contribution in [2.45, 2.75) is 0 Å². The van der Waals surface area contributed by atoms with Crippen LogP contribution >= 0.6 is 57.4 Å². The second kappa shape index (κ2) is 6.31. The van der Waals surface area contributed by atoms with E-state index in [-0.39, 0.29) is 5.91 Å². The van der Waals surface area contributed by atoms with E-state index in [0.29, 0.717) is 26.3 Å². The van der Waals surface area contributed by atoms with Gasteiger partial charge >= 0.3 is 0 Å². The van der Waals surface area contributed by atoms with Crippen LogP contribution in [0.1, 0.15) is 10.4 Å². The van der Waals surface area contributed by atoms with E-state index in [0.717, 1.165) is 3.57 Å². The monoisotopic (exact) mass is 425 g/mol. The molecule has 0 spiro atoms. The highest BCUT2D eigenvalue weighted by molar-refractivity contribution is 14.1. The third-order valence-electron chi connectivity index (χ3n) is 2.35. The Labute approximate surface area is 139 Å². The van der Waals surface area contributed by atoms with Gasteiger partial charge in [0.25, 0.3) is 5.91 Å². The van der Waals surface area contributed by atoms with Gasteiger partial charge < -0.3 is 5.32 Å². The summed E-state index contributed by atoms with van der Waals surface area (Å²) in [6, 6.07) is 10.0. The summed E-state index contributed by atoms with van der Waals surface area (Å²) < 4.78 is 0.819. The van der Waals surface area contributed by atoms with E-state index in [9.17, 15) is 4.79 Å². The first-order chi connectivity index (χ1) is 8.97. The SMILES string of the molecule is O=C(Nc1ccc(Cl)c(Cl)c1)c1cc(Cl)ccc1I. The number of hydrogen-bond acceptors (Lipinski definition) is 1. The van der Waals surface area contributed by atoms with Gasteiger partial charge in [0.05, 0.1) is 15.6 Å². The molecule has 6 heteroatoms. The number of hydrogen-bond donors (Lipinski definition) is 1. The Bertz CT molecular complexity index is 646. The molecule has 2 aromatic rings. The van der Waals surface area contributed by atoms with Gasteiger partial charge in [-0.2, -0.15) is 0 Å². The number of benzene rings is 2. The molecule has 98 valence electrons. The molecule has 0 aliphatic rings. The van der Waals surface area contributed by atoms with Crippen molar-refractivity contribution in [2.75, 3.05) is 5.32 Å². The fourth-order valence-corrected chi connectivity index (χ4v) is 2.49. The molecule has 1 amide bonds. The molecule has 2 rings (SSSR count). The summed E-state index contributed by atoms with van der Waals surface area (Å²) in [7, 11) is 0. The van der Waals surface area contributed by atoms with Gasteiger partial charge in [-0.1, -0.05) is 34.8 Å². The summed E-state index contributed by atoms with van der Waals surface area (Å²) in [5.41, 5.74) is 1.09. The van der Waals surface area contributed by atoms with Gasteiger partial charge in [0.15, 0.2) is 0 Å². The van der Waals surface area contributed by atoms with Crippen LogP contribution in [0.4, 0.5) is 5.69 Å². The normalized spacial score (nSPS) is 10.3. The predicted molar refractivity (Wildman–Crippen MR) is 88.6 cm³/mol. The molecule has 0 bridgehead atoms. The highest BCUT2D eigenvalue weighted by atomic mass is 127. The van der Waals surface area contributed by atoms with Crippen LogP contribution in [0.25, 0.3) is 0 Å². The number of carbonyl (C=O) groups is 1. The Morgan fingerprint density at radius 2 is 1.74 bits per heavy atom. The Kier molecular flexibility index (Phi) is 4.95. The minimum atomic E-state index is -0.245. The van der Waals surface area contributed by atoms with Crippen molar-refractivity contribution in [3.05, 3.63) is 60.6 Å². The lowest BCUT2D eigenvalue weighted by Crippen LogP contribution is -2.13. The van der Waals surface area contributed by atoms with E-state index in [1.165, 1.54) is 0 Å².